The number of hydrogen-bond acceptors (Lipinski definition) is 4. The zero-order chi connectivity index (χ0) is 14.5. The van der Waals surface area contributed by atoms with Crippen LogP contribution in [0.1, 0.15) is 36.2 Å². The molecule has 5 heteroatoms. The number of rotatable bonds is 7. The van der Waals surface area contributed by atoms with Gasteiger partial charge in [-0.2, -0.15) is 0 Å². The summed E-state index contributed by atoms with van der Waals surface area (Å²) in [5.41, 5.74) is 6.38. The predicted molar refractivity (Wildman–Crippen MR) is 73.2 cm³/mol. The van der Waals surface area contributed by atoms with Gasteiger partial charge in [0.1, 0.15) is 0 Å². The number of methoxy groups -OCH3 is 1. The van der Waals surface area contributed by atoms with E-state index in [2.05, 4.69) is 0 Å². The Labute approximate surface area is 113 Å². The van der Waals surface area contributed by atoms with Gasteiger partial charge in [0, 0.05) is 19.4 Å². The van der Waals surface area contributed by atoms with Gasteiger partial charge in [-0.1, -0.05) is 12.1 Å². The average Bonchev–Trinajstić information content (AvgIpc) is 2.34. The highest BCUT2D eigenvalue weighted by Gasteiger charge is 2.17. The number of anilines is 1. The van der Waals surface area contributed by atoms with Crippen molar-refractivity contribution < 1.29 is 19.4 Å². The number of nitrogens with two attached hydrogens (primary N) is 1. The van der Waals surface area contributed by atoms with Crippen LogP contribution in [0.5, 0.6) is 0 Å². The Hall–Kier alpha value is -1.59. The number of carboxylic acids is 1. The molecule has 0 bridgehead atoms. The summed E-state index contributed by atoms with van der Waals surface area (Å²) in [5.74, 6) is -1.03. The Morgan fingerprint density at radius 2 is 2.11 bits per heavy atom. The second-order valence-electron chi connectivity index (χ2n) is 4.95. The fourth-order valence-corrected chi connectivity index (χ4v) is 1.60. The lowest BCUT2D eigenvalue weighted by molar-refractivity contribution is -0.0125. The third-order valence-electron chi connectivity index (χ3n) is 3.06. The Balaban J connectivity index is 2.59. The molecule has 0 heterocycles. The summed E-state index contributed by atoms with van der Waals surface area (Å²) in [6, 6.07) is 5.00. The van der Waals surface area contributed by atoms with E-state index in [4.69, 9.17) is 20.3 Å². The number of ether oxygens (including phenoxy) is 2. The van der Waals surface area contributed by atoms with Gasteiger partial charge in [-0.05, 0) is 31.9 Å². The van der Waals surface area contributed by atoms with E-state index in [9.17, 15) is 4.79 Å². The van der Waals surface area contributed by atoms with E-state index in [0.717, 1.165) is 6.42 Å². The van der Waals surface area contributed by atoms with Crippen LogP contribution >= 0.6 is 0 Å². The van der Waals surface area contributed by atoms with Crippen molar-refractivity contribution in [2.75, 3.05) is 19.5 Å². The smallest absolute Gasteiger partial charge is 0.338 e. The molecule has 0 saturated carbocycles. The fraction of sp³-hybridized carbons (Fsp3) is 0.500. The number of hydrogen-bond donors (Lipinski definition) is 2. The quantitative estimate of drug-likeness (QED) is 0.585. The van der Waals surface area contributed by atoms with E-state index in [1.807, 2.05) is 13.8 Å². The molecule has 1 rings (SSSR count). The number of carbonyl (C=O) groups is 1. The lowest BCUT2D eigenvalue weighted by Gasteiger charge is -2.22. The number of carboxylic acid groups (broad SMARTS) is 1. The maximum Gasteiger partial charge on any atom is 0.338 e. The van der Waals surface area contributed by atoms with Crippen LogP contribution in [0, 0.1) is 0 Å². The Morgan fingerprint density at radius 1 is 1.42 bits per heavy atom. The van der Waals surface area contributed by atoms with Crippen LogP contribution in [0.3, 0.4) is 0 Å². The molecule has 106 valence electrons. The van der Waals surface area contributed by atoms with Gasteiger partial charge in [0.2, 0.25) is 0 Å². The molecule has 0 atom stereocenters. The predicted octanol–water partition coefficient (Wildman–Crippen LogP) is 2.30. The largest absolute Gasteiger partial charge is 0.478 e. The molecule has 0 fully saturated rings. The third kappa shape index (κ3) is 4.54. The van der Waals surface area contributed by atoms with Gasteiger partial charge in [0.15, 0.2) is 0 Å². The van der Waals surface area contributed by atoms with Crippen LogP contribution in [0.2, 0.25) is 0 Å². The topological polar surface area (TPSA) is 81.8 Å². The first-order valence-electron chi connectivity index (χ1n) is 6.11. The van der Waals surface area contributed by atoms with Crippen LogP contribution in [-0.4, -0.2) is 30.4 Å². The molecule has 1 aromatic rings. The normalized spacial score (nSPS) is 11.5. The van der Waals surface area contributed by atoms with Gasteiger partial charge in [-0.15, -0.1) is 0 Å². The Morgan fingerprint density at radius 3 is 2.68 bits per heavy atom. The van der Waals surface area contributed by atoms with Crippen molar-refractivity contribution in [3.8, 4) is 0 Å². The molecule has 0 aliphatic rings. The van der Waals surface area contributed by atoms with Crippen LogP contribution in [-0.2, 0) is 16.1 Å². The van der Waals surface area contributed by atoms with Crippen molar-refractivity contribution in [3.05, 3.63) is 29.3 Å². The minimum Gasteiger partial charge on any atom is -0.478 e. The molecule has 0 radical (unpaired) electrons. The first-order valence-corrected chi connectivity index (χ1v) is 6.11. The van der Waals surface area contributed by atoms with Crippen molar-refractivity contribution in [2.24, 2.45) is 0 Å². The minimum absolute atomic E-state index is 0.119. The van der Waals surface area contributed by atoms with Crippen molar-refractivity contribution in [2.45, 2.75) is 32.5 Å². The van der Waals surface area contributed by atoms with Gasteiger partial charge in [0.25, 0.3) is 0 Å². The van der Waals surface area contributed by atoms with Gasteiger partial charge in [0.05, 0.1) is 17.8 Å². The lowest BCUT2D eigenvalue weighted by atomic mass is 10.1. The molecule has 0 aliphatic carbocycles. The number of nitrogen functional groups attached to an aromatic ring is 1. The van der Waals surface area contributed by atoms with Gasteiger partial charge >= 0.3 is 5.97 Å². The molecule has 1 aromatic carbocycles. The molecule has 3 N–H and O–H groups in total. The summed E-state index contributed by atoms with van der Waals surface area (Å²) in [7, 11) is 1.65. The second-order valence-corrected chi connectivity index (χ2v) is 4.95. The summed E-state index contributed by atoms with van der Waals surface area (Å²) in [6.45, 7) is 4.67. The molecule has 0 spiro atoms. The van der Waals surface area contributed by atoms with Gasteiger partial charge in [-0.3, -0.25) is 0 Å². The zero-order valence-electron chi connectivity index (χ0n) is 11.6. The molecule has 19 heavy (non-hydrogen) atoms. The van der Waals surface area contributed by atoms with Gasteiger partial charge < -0.3 is 20.3 Å². The Kier molecular flexibility index (Phi) is 5.32. The van der Waals surface area contributed by atoms with Crippen LogP contribution in [0.15, 0.2) is 18.2 Å². The Bertz CT molecular complexity index is 443. The summed E-state index contributed by atoms with van der Waals surface area (Å²) < 4.78 is 10.8. The molecule has 5 nitrogen and oxygen atoms in total. The van der Waals surface area contributed by atoms with Crippen LogP contribution in [0.25, 0.3) is 0 Å². The van der Waals surface area contributed by atoms with E-state index in [1.165, 1.54) is 0 Å². The van der Waals surface area contributed by atoms with Gasteiger partial charge in [-0.25, -0.2) is 4.79 Å². The van der Waals surface area contributed by atoms with E-state index in [1.54, 1.807) is 25.3 Å². The van der Waals surface area contributed by atoms with E-state index < -0.39 is 5.97 Å². The average molecular weight is 267 g/mol. The molecular weight excluding hydrogens is 246 g/mol. The summed E-state index contributed by atoms with van der Waals surface area (Å²) in [6.07, 6.45) is 0.730. The number of benzene rings is 1. The lowest BCUT2D eigenvalue weighted by Crippen LogP contribution is -2.24. The number of aromatic carboxylic acids is 1. The highest BCUT2D eigenvalue weighted by molar-refractivity contribution is 5.95. The first kappa shape index (κ1) is 15.5. The highest BCUT2D eigenvalue weighted by Crippen LogP contribution is 2.19. The van der Waals surface area contributed by atoms with E-state index >= 15 is 0 Å². The molecule has 0 aromatic heterocycles. The molecule has 0 amide bonds. The fourth-order valence-electron chi connectivity index (χ4n) is 1.60. The third-order valence-corrected chi connectivity index (χ3v) is 3.06. The van der Waals surface area contributed by atoms with Crippen LogP contribution < -0.4 is 5.73 Å². The maximum atomic E-state index is 11.1. The van der Waals surface area contributed by atoms with Crippen LogP contribution in [0.4, 0.5) is 5.69 Å². The van der Waals surface area contributed by atoms with Crippen molar-refractivity contribution >= 4 is 11.7 Å². The van der Waals surface area contributed by atoms with Crippen molar-refractivity contribution in [3.63, 3.8) is 0 Å². The van der Waals surface area contributed by atoms with E-state index in [0.29, 0.717) is 12.2 Å². The molecular formula is C14H21NO4. The summed E-state index contributed by atoms with van der Waals surface area (Å²) in [4.78, 5) is 11.1. The van der Waals surface area contributed by atoms with Crippen molar-refractivity contribution in [1.82, 2.24) is 0 Å². The SMILES string of the molecule is COC(C)(C)CCOCc1cccc(N)c1C(=O)O. The minimum atomic E-state index is -1.03. The summed E-state index contributed by atoms with van der Waals surface area (Å²) in [5, 5.41) is 9.11. The van der Waals surface area contributed by atoms with Crippen molar-refractivity contribution in [1.29, 1.82) is 0 Å². The zero-order valence-corrected chi connectivity index (χ0v) is 11.6. The maximum absolute atomic E-state index is 11.1. The first-order chi connectivity index (χ1) is 8.87. The molecule has 0 unspecified atom stereocenters. The van der Waals surface area contributed by atoms with E-state index in [-0.39, 0.29) is 23.5 Å². The monoisotopic (exact) mass is 267 g/mol. The molecule has 0 aliphatic heterocycles. The summed E-state index contributed by atoms with van der Waals surface area (Å²) >= 11 is 0. The molecule has 0 saturated heterocycles. The standard InChI is InChI=1S/C14H21NO4/c1-14(2,18-3)7-8-19-9-10-5-4-6-11(15)12(10)13(16)17/h4-6H,7-9,15H2,1-3H3,(H,16,17). The highest BCUT2D eigenvalue weighted by atomic mass is 16.5. The second kappa shape index (κ2) is 6.54.